The Morgan fingerprint density at radius 2 is 1.93 bits per heavy atom. The Morgan fingerprint density at radius 3 is 2.63 bits per heavy atom. The standard InChI is InChI=1S/C20H24ClN3O5S/c1-2-29-18-8-7-15(13-19(18)30(26,27)24-9-11-28-12-10-24)23-20(25)14-22-17-6-4-3-5-16(17)21/h3-8,13,22H,2,9-12,14H2,1H3,(H,23,25). The summed E-state index contributed by atoms with van der Waals surface area (Å²) in [6.45, 7) is 3.29. The summed E-state index contributed by atoms with van der Waals surface area (Å²) < 4.78 is 38.4. The fourth-order valence-corrected chi connectivity index (χ4v) is 4.74. The van der Waals surface area contributed by atoms with Crippen molar-refractivity contribution < 1.29 is 22.7 Å². The van der Waals surface area contributed by atoms with Crippen LogP contribution in [-0.4, -0.2) is 58.1 Å². The minimum absolute atomic E-state index is 0.0168. The third-order valence-corrected chi connectivity index (χ3v) is 6.68. The molecule has 2 N–H and O–H groups in total. The first-order valence-corrected chi connectivity index (χ1v) is 11.4. The Bertz CT molecular complexity index is 994. The van der Waals surface area contributed by atoms with Gasteiger partial charge in [0.05, 0.1) is 37.1 Å². The maximum atomic E-state index is 13.1. The van der Waals surface area contributed by atoms with Gasteiger partial charge >= 0.3 is 0 Å². The Hall–Kier alpha value is -2.33. The van der Waals surface area contributed by atoms with Gasteiger partial charge in [-0.1, -0.05) is 23.7 Å². The number of hydrogen-bond donors (Lipinski definition) is 2. The van der Waals surface area contributed by atoms with Crippen LogP contribution < -0.4 is 15.4 Å². The first-order valence-electron chi connectivity index (χ1n) is 9.55. The Morgan fingerprint density at radius 1 is 1.20 bits per heavy atom. The summed E-state index contributed by atoms with van der Waals surface area (Å²) >= 11 is 6.07. The van der Waals surface area contributed by atoms with Crippen molar-refractivity contribution in [2.45, 2.75) is 11.8 Å². The molecule has 0 atom stereocenters. The zero-order chi connectivity index (χ0) is 21.6. The molecular formula is C20H24ClN3O5S. The molecule has 0 aliphatic carbocycles. The number of para-hydroxylation sites is 1. The SMILES string of the molecule is CCOc1ccc(NC(=O)CNc2ccccc2Cl)cc1S(=O)(=O)N1CCOCC1. The zero-order valence-electron chi connectivity index (χ0n) is 16.6. The molecule has 30 heavy (non-hydrogen) atoms. The molecule has 0 radical (unpaired) electrons. The van der Waals surface area contributed by atoms with Crippen molar-refractivity contribution >= 4 is 38.9 Å². The minimum Gasteiger partial charge on any atom is -0.492 e. The second-order valence-corrected chi connectivity index (χ2v) is 8.81. The van der Waals surface area contributed by atoms with Gasteiger partial charge in [-0.05, 0) is 37.3 Å². The largest absolute Gasteiger partial charge is 0.492 e. The van der Waals surface area contributed by atoms with Crippen molar-refractivity contribution in [3.05, 3.63) is 47.5 Å². The number of sulfonamides is 1. The van der Waals surface area contributed by atoms with Crippen molar-refractivity contribution in [2.75, 3.05) is 50.1 Å². The Kier molecular flexibility index (Phi) is 7.54. The highest BCUT2D eigenvalue weighted by molar-refractivity contribution is 7.89. The number of benzene rings is 2. The first-order chi connectivity index (χ1) is 14.4. The average molecular weight is 454 g/mol. The van der Waals surface area contributed by atoms with E-state index in [0.717, 1.165) is 0 Å². The average Bonchev–Trinajstić information content (AvgIpc) is 2.75. The first kappa shape index (κ1) is 22.4. The summed E-state index contributed by atoms with van der Waals surface area (Å²) in [4.78, 5) is 12.4. The zero-order valence-corrected chi connectivity index (χ0v) is 18.1. The molecule has 8 nitrogen and oxygen atoms in total. The highest BCUT2D eigenvalue weighted by atomic mass is 35.5. The number of amides is 1. The van der Waals surface area contributed by atoms with Gasteiger partial charge in [-0.3, -0.25) is 4.79 Å². The van der Waals surface area contributed by atoms with Crippen LogP contribution in [0.3, 0.4) is 0 Å². The number of hydrogen-bond acceptors (Lipinski definition) is 6. The van der Waals surface area contributed by atoms with Gasteiger partial charge in [0.25, 0.3) is 0 Å². The van der Waals surface area contributed by atoms with Crippen LogP contribution in [0.25, 0.3) is 0 Å². The van der Waals surface area contributed by atoms with E-state index in [9.17, 15) is 13.2 Å². The molecule has 162 valence electrons. The molecule has 0 saturated carbocycles. The quantitative estimate of drug-likeness (QED) is 0.638. The van der Waals surface area contributed by atoms with Crippen LogP contribution in [0.4, 0.5) is 11.4 Å². The smallest absolute Gasteiger partial charge is 0.246 e. The number of rotatable bonds is 8. The molecule has 0 unspecified atom stereocenters. The molecule has 2 aromatic carbocycles. The van der Waals surface area contributed by atoms with E-state index in [1.807, 2.05) is 0 Å². The Labute approximate surface area is 181 Å². The number of nitrogens with one attached hydrogen (secondary N) is 2. The number of ether oxygens (including phenoxy) is 2. The maximum Gasteiger partial charge on any atom is 0.246 e. The number of carbonyl (C=O) groups excluding carboxylic acids is 1. The van der Waals surface area contributed by atoms with E-state index in [1.165, 1.54) is 10.4 Å². The molecule has 1 saturated heterocycles. The molecule has 0 bridgehead atoms. The number of anilines is 2. The third kappa shape index (κ3) is 5.42. The predicted molar refractivity (Wildman–Crippen MR) is 116 cm³/mol. The van der Waals surface area contributed by atoms with Crippen LogP contribution in [0.2, 0.25) is 5.02 Å². The molecule has 10 heteroatoms. The number of morpholine rings is 1. The van der Waals surface area contributed by atoms with E-state index >= 15 is 0 Å². The van der Waals surface area contributed by atoms with Gasteiger partial charge in [0.1, 0.15) is 10.6 Å². The number of halogens is 1. The summed E-state index contributed by atoms with van der Waals surface area (Å²) in [5.41, 5.74) is 0.993. The monoisotopic (exact) mass is 453 g/mol. The molecule has 1 heterocycles. The van der Waals surface area contributed by atoms with Crippen molar-refractivity contribution in [1.29, 1.82) is 0 Å². The number of carbonyl (C=O) groups is 1. The molecular weight excluding hydrogens is 430 g/mol. The van der Waals surface area contributed by atoms with Crippen molar-refractivity contribution in [3.8, 4) is 5.75 Å². The number of nitrogens with zero attached hydrogens (tertiary/aromatic N) is 1. The fraction of sp³-hybridized carbons (Fsp3) is 0.350. The lowest BCUT2D eigenvalue weighted by atomic mass is 10.3. The summed E-state index contributed by atoms with van der Waals surface area (Å²) in [5, 5.41) is 6.17. The Balaban J connectivity index is 1.76. The van der Waals surface area contributed by atoms with Gasteiger partial charge in [-0.15, -0.1) is 0 Å². The fourth-order valence-electron chi connectivity index (χ4n) is 2.97. The van der Waals surface area contributed by atoms with E-state index in [1.54, 1.807) is 43.3 Å². The molecule has 0 aromatic heterocycles. The molecule has 1 aliphatic heterocycles. The summed E-state index contributed by atoms with van der Waals surface area (Å²) in [6, 6.07) is 11.7. The summed E-state index contributed by atoms with van der Waals surface area (Å²) in [5.74, 6) is -0.0926. The summed E-state index contributed by atoms with van der Waals surface area (Å²) in [7, 11) is -3.79. The van der Waals surface area contributed by atoms with E-state index in [0.29, 0.717) is 36.2 Å². The van der Waals surface area contributed by atoms with Crippen LogP contribution in [0.1, 0.15) is 6.92 Å². The van der Waals surface area contributed by atoms with Crippen molar-refractivity contribution in [3.63, 3.8) is 0 Å². The van der Waals surface area contributed by atoms with E-state index in [4.69, 9.17) is 21.1 Å². The van der Waals surface area contributed by atoms with Crippen LogP contribution in [0.15, 0.2) is 47.4 Å². The maximum absolute atomic E-state index is 13.1. The van der Waals surface area contributed by atoms with Crippen LogP contribution in [0, 0.1) is 0 Å². The second-order valence-electron chi connectivity index (χ2n) is 6.49. The molecule has 2 aromatic rings. The molecule has 1 aliphatic rings. The van der Waals surface area contributed by atoms with Crippen LogP contribution >= 0.6 is 11.6 Å². The third-order valence-electron chi connectivity index (χ3n) is 4.43. The lowest BCUT2D eigenvalue weighted by Gasteiger charge is -2.27. The van der Waals surface area contributed by atoms with E-state index in [2.05, 4.69) is 10.6 Å². The van der Waals surface area contributed by atoms with Gasteiger partial charge in [-0.2, -0.15) is 4.31 Å². The van der Waals surface area contributed by atoms with E-state index < -0.39 is 10.0 Å². The van der Waals surface area contributed by atoms with Crippen LogP contribution in [0.5, 0.6) is 5.75 Å². The highest BCUT2D eigenvalue weighted by Gasteiger charge is 2.29. The normalized spacial score (nSPS) is 14.9. The molecule has 3 rings (SSSR count). The minimum atomic E-state index is -3.79. The van der Waals surface area contributed by atoms with Crippen LogP contribution in [-0.2, 0) is 19.6 Å². The lowest BCUT2D eigenvalue weighted by molar-refractivity contribution is -0.114. The van der Waals surface area contributed by atoms with Crippen molar-refractivity contribution in [1.82, 2.24) is 4.31 Å². The molecule has 1 fully saturated rings. The van der Waals surface area contributed by atoms with Crippen molar-refractivity contribution in [2.24, 2.45) is 0 Å². The van der Waals surface area contributed by atoms with E-state index in [-0.39, 0.29) is 36.2 Å². The predicted octanol–water partition coefficient (Wildman–Crippen LogP) is 2.81. The highest BCUT2D eigenvalue weighted by Crippen LogP contribution is 2.30. The molecule has 1 amide bonds. The molecule has 0 spiro atoms. The topological polar surface area (TPSA) is 97.0 Å². The lowest BCUT2D eigenvalue weighted by Crippen LogP contribution is -2.40. The summed E-state index contributed by atoms with van der Waals surface area (Å²) in [6.07, 6.45) is 0. The van der Waals surface area contributed by atoms with Gasteiger partial charge in [0.15, 0.2) is 0 Å². The van der Waals surface area contributed by atoms with Gasteiger partial charge in [0.2, 0.25) is 15.9 Å². The van der Waals surface area contributed by atoms with Gasteiger partial charge in [0, 0.05) is 18.8 Å². The van der Waals surface area contributed by atoms with Gasteiger partial charge < -0.3 is 20.1 Å². The second kappa shape index (κ2) is 10.1. The van der Waals surface area contributed by atoms with Gasteiger partial charge in [-0.25, -0.2) is 8.42 Å².